The Hall–Kier alpha value is -4.58. The van der Waals surface area contributed by atoms with Crippen LogP contribution in [0.25, 0.3) is 0 Å². The molecule has 0 aliphatic heterocycles. The van der Waals surface area contributed by atoms with E-state index in [1.165, 1.54) is 0 Å². The number of benzene rings is 4. The number of carbonyl (C=O) groups is 2. The first kappa shape index (κ1) is 27.5. The Labute approximate surface area is 227 Å². The van der Waals surface area contributed by atoms with Crippen LogP contribution < -0.4 is 0 Å². The van der Waals surface area contributed by atoms with Gasteiger partial charge in [-0.05, 0) is 70.8 Å². The largest absolute Gasteiger partial charge is 0.508 e. The second-order valence-corrected chi connectivity index (χ2v) is 10.5. The summed E-state index contributed by atoms with van der Waals surface area (Å²) in [5.41, 5.74) is 1.59. The summed E-state index contributed by atoms with van der Waals surface area (Å²) in [6, 6.07) is 26.5. The summed E-state index contributed by atoms with van der Waals surface area (Å²) in [6.45, 7) is 3.82. The lowest BCUT2D eigenvalue weighted by Gasteiger charge is -2.32. The van der Waals surface area contributed by atoms with E-state index in [1.54, 1.807) is 97.1 Å². The zero-order valence-electron chi connectivity index (χ0n) is 22.0. The number of carbonyl (C=O) groups excluding carboxylic acids is 2. The van der Waals surface area contributed by atoms with Gasteiger partial charge in [0.25, 0.3) is 0 Å². The highest BCUT2D eigenvalue weighted by atomic mass is 16.3. The van der Waals surface area contributed by atoms with Crippen LogP contribution in [0.3, 0.4) is 0 Å². The van der Waals surface area contributed by atoms with Crippen molar-refractivity contribution in [3.05, 3.63) is 119 Å². The fourth-order valence-corrected chi connectivity index (χ4v) is 5.19. The van der Waals surface area contributed by atoms with Crippen LogP contribution in [0.5, 0.6) is 23.0 Å². The van der Waals surface area contributed by atoms with Gasteiger partial charge in [-0.3, -0.25) is 9.59 Å². The van der Waals surface area contributed by atoms with Crippen molar-refractivity contribution in [2.75, 3.05) is 0 Å². The third kappa shape index (κ3) is 6.12. The van der Waals surface area contributed by atoms with E-state index in [4.69, 9.17) is 0 Å². The fourth-order valence-electron chi connectivity index (χ4n) is 5.19. The maximum Gasteiger partial charge on any atom is 0.141 e. The van der Waals surface area contributed by atoms with Gasteiger partial charge in [0.2, 0.25) is 0 Å². The van der Waals surface area contributed by atoms with Gasteiger partial charge < -0.3 is 20.4 Å². The maximum atomic E-state index is 13.4. The van der Waals surface area contributed by atoms with E-state index in [0.717, 1.165) is 22.3 Å². The summed E-state index contributed by atoms with van der Waals surface area (Å²) in [7, 11) is 0. The highest BCUT2D eigenvalue weighted by Gasteiger charge is 2.35. The summed E-state index contributed by atoms with van der Waals surface area (Å²) in [5, 5.41) is 39.1. The summed E-state index contributed by atoms with van der Waals surface area (Å²) < 4.78 is 0. The van der Waals surface area contributed by atoms with E-state index >= 15 is 0 Å². The van der Waals surface area contributed by atoms with E-state index in [-0.39, 0.29) is 53.8 Å². The normalized spacial score (nSPS) is 11.7. The van der Waals surface area contributed by atoms with Gasteiger partial charge in [-0.25, -0.2) is 0 Å². The molecule has 200 valence electrons. The van der Waals surface area contributed by atoms with Gasteiger partial charge in [-0.2, -0.15) is 0 Å². The monoisotopic (exact) mass is 524 g/mol. The fraction of sp³-hybridized carbons (Fsp3) is 0.212. The van der Waals surface area contributed by atoms with Crippen LogP contribution >= 0.6 is 0 Å². The van der Waals surface area contributed by atoms with Crippen LogP contribution in [-0.4, -0.2) is 32.0 Å². The molecule has 4 N–H and O–H groups in total. The molecular formula is C33H32O6. The Morgan fingerprint density at radius 3 is 0.872 bits per heavy atom. The number of hydrogen-bond donors (Lipinski definition) is 4. The Morgan fingerprint density at radius 1 is 0.462 bits per heavy atom. The standard InChI is InChI=1S/C33H32O6/c1-32(22-3-11-26(34)12-4-22,23-5-13-27(35)14-6-23)20-30(38)19-31(39)21-33(2,24-7-15-28(36)16-8-24)25-9-17-29(37)18-10-25/h3-18,34-37H,19-21H2,1-2H3. The van der Waals surface area contributed by atoms with E-state index < -0.39 is 10.8 Å². The van der Waals surface area contributed by atoms with E-state index in [2.05, 4.69) is 0 Å². The molecular weight excluding hydrogens is 492 g/mol. The molecule has 6 heteroatoms. The van der Waals surface area contributed by atoms with Crippen molar-refractivity contribution in [2.45, 2.75) is 43.9 Å². The van der Waals surface area contributed by atoms with Crippen molar-refractivity contribution in [1.82, 2.24) is 0 Å². The third-order valence-corrected chi connectivity index (χ3v) is 7.51. The number of rotatable bonds is 10. The molecule has 0 bridgehead atoms. The average molecular weight is 525 g/mol. The van der Waals surface area contributed by atoms with Crippen molar-refractivity contribution in [3.8, 4) is 23.0 Å². The summed E-state index contributed by atoms with van der Waals surface area (Å²) in [5.74, 6) is -0.0379. The number of Topliss-reactive ketones (excluding diaryl/α,β-unsaturated/α-hetero) is 2. The Bertz CT molecular complexity index is 1230. The van der Waals surface area contributed by atoms with Crippen LogP contribution in [0.1, 0.15) is 55.4 Å². The molecule has 4 aromatic carbocycles. The molecule has 39 heavy (non-hydrogen) atoms. The van der Waals surface area contributed by atoms with E-state index in [0.29, 0.717) is 0 Å². The first-order valence-corrected chi connectivity index (χ1v) is 12.7. The molecule has 0 atom stereocenters. The molecule has 6 nitrogen and oxygen atoms in total. The number of phenolic OH excluding ortho intramolecular Hbond substituents is 4. The highest BCUT2D eigenvalue weighted by molar-refractivity contribution is 6.00. The van der Waals surface area contributed by atoms with Crippen LogP contribution in [0.4, 0.5) is 0 Å². The molecule has 0 aliphatic rings. The quantitative estimate of drug-likeness (QED) is 0.186. The molecule has 0 unspecified atom stereocenters. The number of hydrogen-bond acceptors (Lipinski definition) is 6. The van der Waals surface area contributed by atoms with Crippen molar-refractivity contribution in [1.29, 1.82) is 0 Å². The maximum absolute atomic E-state index is 13.4. The van der Waals surface area contributed by atoms with Gasteiger partial charge in [0.05, 0.1) is 6.42 Å². The van der Waals surface area contributed by atoms with Crippen LogP contribution in [0, 0.1) is 0 Å². The van der Waals surface area contributed by atoms with Crippen LogP contribution in [0.15, 0.2) is 97.1 Å². The van der Waals surface area contributed by atoms with Crippen molar-refractivity contribution >= 4 is 11.6 Å². The zero-order chi connectivity index (χ0) is 28.2. The van der Waals surface area contributed by atoms with E-state index in [9.17, 15) is 30.0 Å². The number of aromatic hydroxyl groups is 4. The van der Waals surface area contributed by atoms with Crippen molar-refractivity contribution in [2.24, 2.45) is 0 Å². The molecule has 4 aromatic rings. The highest BCUT2D eigenvalue weighted by Crippen LogP contribution is 2.39. The molecule has 0 spiro atoms. The predicted molar refractivity (Wildman–Crippen MR) is 149 cm³/mol. The molecule has 0 saturated carbocycles. The molecule has 0 fully saturated rings. The van der Waals surface area contributed by atoms with Crippen LogP contribution in [-0.2, 0) is 20.4 Å². The predicted octanol–water partition coefficient (Wildman–Crippen LogP) is 6.13. The molecule has 0 saturated heterocycles. The second kappa shape index (κ2) is 11.0. The molecule has 0 aromatic heterocycles. The van der Waals surface area contributed by atoms with Crippen molar-refractivity contribution in [3.63, 3.8) is 0 Å². The molecule has 0 heterocycles. The van der Waals surface area contributed by atoms with Gasteiger partial charge >= 0.3 is 0 Å². The minimum absolute atomic E-state index is 0.0451. The first-order valence-electron chi connectivity index (χ1n) is 12.7. The minimum atomic E-state index is -0.796. The van der Waals surface area contributed by atoms with E-state index in [1.807, 2.05) is 13.8 Å². The summed E-state index contributed by atoms with van der Waals surface area (Å²) in [4.78, 5) is 26.8. The summed E-state index contributed by atoms with van der Waals surface area (Å²) in [6.07, 6.45) is -0.176. The third-order valence-electron chi connectivity index (χ3n) is 7.51. The minimum Gasteiger partial charge on any atom is -0.508 e. The molecule has 0 aliphatic carbocycles. The number of ketones is 2. The Morgan fingerprint density at radius 2 is 0.667 bits per heavy atom. The lowest BCUT2D eigenvalue weighted by Crippen LogP contribution is -2.31. The lowest BCUT2D eigenvalue weighted by molar-refractivity contribution is -0.127. The van der Waals surface area contributed by atoms with Gasteiger partial charge in [0.15, 0.2) is 0 Å². The van der Waals surface area contributed by atoms with Gasteiger partial charge in [0, 0.05) is 23.7 Å². The molecule has 0 radical (unpaired) electrons. The first-order chi connectivity index (χ1) is 18.5. The zero-order valence-corrected chi connectivity index (χ0v) is 22.0. The van der Waals surface area contributed by atoms with Crippen molar-refractivity contribution < 1.29 is 30.0 Å². The molecule has 0 amide bonds. The SMILES string of the molecule is CC(CC(=O)CC(=O)CC(C)(c1ccc(O)cc1)c1ccc(O)cc1)(c1ccc(O)cc1)c1ccc(O)cc1. The average Bonchev–Trinajstić information content (AvgIpc) is 2.89. The smallest absolute Gasteiger partial charge is 0.141 e. The number of phenols is 4. The van der Waals surface area contributed by atoms with Crippen LogP contribution in [0.2, 0.25) is 0 Å². The Balaban J connectivity index is 1.60. The van der Waals surface area contributed by atoms with Gasteiger partial charge in [0.1, 0.15) is 34.6 Å². The van der Waals surface area contributed by atoms with Gasteiger partial charge in [-0.15, -0.1) is 0 Å². The molecule has 4 rings (SSSR count). The lowest BCUT2D eigenvalue weighted by atomic mass is 9.70. The topological polar surface area (TPSA) is 115 Å². The summed E-state index contributed by atoms with van der Waals surface area (Å²) >= 11 is 0. The second-order valence-electron chi connectivity index (χ2n) is 10.5. The van der Waals surface area contributed by atoms with Gasteiger partial charge in [-0.1, -0.05) is 62.4 Å². The Kier molecular flexibility index (Phi) is 7.77.